The van der Waals surface area contributed by atoms with Crippen LogP contribution in [0.5, 0.6) is 0 Å². The van der Waals surface area contributed by atoms with Crippen molar-refractivity contribution in [3.05, 3.63) is 71.8 Å². The molecule has 2 saturated carbocycles. The Balaban J connectivity index is 1.61. The first-order valence-corrected chi connectivity index (χ1v) is 13.1. The number of hydrogen-bond donors (Lipinski definition) is 0. The Morgan fingerprint density at radius 2 is 1.76 bits per heavy atom. The number of fused-ring (bicyclic) bond motifs is 5. The molecule has 0 bridgehead atoms. The largest absolute Gasteiger partial charge is 0.458 e. The van der Waals surface area contributed by atoms with Crippen molar-refractivity contribution < 1.29 is 33.4 Å². The zero-order chi connectivity index (χ0) is 27.5. The van der Waals surface area contributed by atoms with E-state index in [1.165, 1.54) is 13.0 Å². The van der Waals surface area contributed by atoms with E-state index in [1.807, 2.05) is 39.0 Å². The van der Waals surface area contributed by atoms with Crippen molar-refractivity contribution in [2.45, 2.75) is 46.1 Å². The fourth-order valence-corrected chi connectivity index (χ4v) is 7.74. The lowest BCUT2D eigenvalue weighted by atomic mass is 9.48. The SMILES string of the molecule is CC(=O)OCC(=O)[C@@]1(OC(=O)c2ccccc2)C(C)C[C@H]2[C@@H]3C=CC4=CC(=O)C=C[C@]4(C)[C@H]3C(=O)C[C@@]21C. The van der Waals surface area contributed by atoms with Crippen LogP contribution >= 0.6 is 0 Å². The van der Waals surface area contributed by atoms with Crippen LogP contribution in [-0.2, 0) is 28.7 Å². The highest BCUT2D eigenvalue weighted by Gasteiger charge is 2.72. The average Bonchev–Trinajstić information content (AvgIpc) is 3.09. The summed E-state index contributed by atoms with van der Waals surface area (Å²) < 4.78 is 11.3. The molecule has 7 nitrogen and oxygen atoms in total. The number of ketones is 3. The number of esters is 2. The van der Waals surface area contributed by atoms with Crippen molar-refractivity contribution in [3.63, 3.8) is 0 Å². The predicted molar refractivity (Wildman–Crippen MR) is 138 cm³/mol. The molecule has 7 atom stereocenters. The van der Waals surface area contributed by atoms with Gasteiger partial charge < -0.3 is 9.47 Å². The third-order valence-electron chi connectivity index (χ3n) is 9.45. The van der Waals surface area contributed by atoms with Crippen molar-refractivity contribution in [1.82, 2.24) is 0 Å². The molecule has 0 amide bonds. The van der Waals surface area contributed by atoms with Crippen LogP contribution in [0.15, 0.2) is 66.3 Å². The second-order valence-electron chi connectivity index (χ2n) is 11.5. The highest BCUT2D eigenvalue weighted by atomic mass is 16.6. The number of Topliss-reactive ketones (excluding diaryl/α,β-unsaturated/α-hetero) is 2. The molecule has 4 aliphatic rings. The Labute approximate surface area is 221 Å². The van der Waals surface area contributed by atoms with Gasteiger partial charge in [-0.25, -0.2) is 4.79 Å². The Kier molecular flexibility index (Phi) is 6.16. The zero-order valence-corrected chi connectivity index (χ0v) is 22.1. The van der Waals surface area contributed by atoms with E-state index in [9.17, 15) is 24.0 Å². The predicted octanol–water partition coefficient (Wildman–Crippen LogP) is 4.22. The van der Waals surface area contributed by atoms with Crippen molar-refractivity contribution in [3.8, 4) is 0 Å². The van der Waals surface area contributed by atoms with Crippen LogP contribution in [0, 0.1) is 34.5 Å². The summed E-state index contributed by atoms with van der Waals surface area (Å²) in [6.07, 6.45) is 9.41. The fraction of sp³-hybridized carbons (Fsp3) is 0.452. The quantitative estimate of drug-likeness (QED) is 0.540. The number of hydrogen-bond acceptors (Lipinski definition) is 7. The topological polar surface area (TPSA) is 104 Å². The maximum Gasteiger partial charge on any atom is 0.339 e. The molecular formula is C31H32O7. The molecule has 1 aromatic carbocycles. The van der Waals surface area contributed by atoms with Gasteiger partial charge in [-0.3, -0.25) is 19.2 Å². The third kappa shape index (κ3) is 3.66. The van der Waals surface area contributed by atoms with E-state index < -0.39 is 52.6 Å². The zero-order valence-electron chi connectivity index (χ0n) is 22.1. The number of carbonyl (C=O) groups is 5. The number of carbonyl (C=O) groups excluding carboxylic acids is 5. The summed E-state index contributed by atoms with van der Waals surface area (Å²) in [6, 6.07) is 8.43. The summed E-state index contributed by atoms with van der Waals surface area (Å²) in [5.41, 5.74) is -2.22. The average molecular weight is 517 g/mol. The van der Waals surface area contributed by atoms with Gasteiger partial charge in [0.25, 0.3) is 0 Å². The number of rotatable bonds is 5. The van der Waals surface area contributed by atoms with Crippen LogP contribution in [0.1, 0.15) is 50.9 Å². The smallest absolute Gasteiger partial charge is 0.339 e. The summed E-state index contributed by atoms with van der Waals surface area (Å²) >= 11 is 0. The number of allylic oxidation sites excluding steroid dienone is 6. The van der Waals surface area contributed by atoms with Crippen LogP contribution in [0.3, 0.4) is 0 Å². The van der Waals surface area contributed by atoms with E-state index in [0.717, 1.165) is 5.57 Å². The Bertz CT molecular complexity index is 1320. The molecule has 198 valence electrons. The van der Waals surface area contributed by atoms with Crippen LogP contribution in [0.25, 0.3) is 0 Å². The molecule has 4 aliphatic carbocycles. The summed E-state index contributed by atoms with van der Waals surface area (Å²) in [6.45, 7) is 6.38. The molecule has 0 N–H and O–H groups in total. The van der Waals surface area contributed by atoms with E-state index in [-0.39, 0.29) is 29.8 Å². The van der Waals surface area contributed by atoms with Gasteiger partial charge >= 0.3 is 11.9 Å². The fourth-order valence-electron chi connectivity index (χ4n) is 7.74. The Morgan fingerprint density at radius 3 is 2.45 bits per heavy atom. The van der Waals surface area contributed by atoms with Gasteiger partial charge in [0.05, 0.1) is 5.56 Å². The molecule has 0 spiro atoms. The van der Waals surface area contributed by atoms with Gasteiger partial charge in [-0.2, -0.15) is 0 Å². The van der Waals surface area contributed by atoms with Crippen LogP contribution < -0.4 is 0 Å². The normalized spacial score (nSPS) is 37.0. The first-order valence-electron chi connectivity index (χ1n) is 13.1. The minimum Gasteiger partial charge on any atom is -0.458 e. The lowest BCUT2D eigenvalue weighted by Gasteiger charge is -2.55. The second kappa shape index (κ2) is 9.00. The van der Waals surface area contributed by atoms with Gasteiger partial charge in [-0.05, 0) is 48.1 Å². The van der Waals surface area contributed by atoms with E-state index in [0.29, 0.717) is 12.0 Å². The van der Waals surface area contributed by atoms with Gasteiger partial charge in [0.1, 0.15) is 5.78 Å². The van der Waals surface area contributed by atoms with Gasteiger partial charge in [-0.1, -0.05) is 57.2 Å². The first kappa shape index (κ1) is 26.0. The summed E-state index contributed by atoms with van der Waals surface area (Å²) in [4.78, 5) is 65.1. The molecule has 5 rings (SSSR count). The monoisotopic (exact) mass is 516 g/mol. The van der Waals surface area contributed by atoms with Crippen LogP contribution in [0.4, 0.5) is 0 Å². The number of ether oxygens (including phenoxy) is 2. The molecule has 0 radical (unpaired) electrons. The molecule has 7 heteroatoms. The standard InChI is InChI=1S/C31H32O7/c1-18-14-24-23-11-10-21-15-22(33)12-13-29(21,3)27(23)25(34)16-30(24,4)31(18,26(35)17-37-19(2)32)38-28(36)20-8-6-5-7-9-20/h5-13,15,18,23-24,27H,14,16-17H2,1-4H3/t18?,23-,24-,27+,29-,30-,31-/m0/s1. The summed E-state index contributed by atoms with van der Waals surface area (Å²) in [5, 5.41) is 0. The highest BCUT2D eigenvalue weighted by Crippen LogP contribution is 2.67. The van der Waals surface area contributed by atoms with E-state index in [2.05, 4.69) is 0 Å². The molecule has 1 aromatic rings. The molecule has 1 unspecified atom stereocenters. The lowest BCUT2D eigenvalue weighted by Crippen LogP contribution is -2.63. The molecular weight excluding hydrogens is 484 g/mol. The van der Waals surface area contributed by atoms with Gasteiger partial charge in [-0.15, -0.1) is 0 Å². The van der Waals surface area contributed by atoms with Gasteiger partial charge in [0.2, 0.25) is 5.78 Å². The Hall–Kier alpha value is -3.61. The second-order valence-corrected chi connectivity index (χ2v) is 11.5. The Morgan fingerprint density at radius 1 is 1.05 bits per heavy atom. The molecule has 0 heterocycles. The molecule has 2 fully saturated rings. The van der Waals surface area contributed by atoms with Crippen molar-refractivity contribution in [2.24, 2.45) is 34.5 Å². The van der Waals surface area contributed by atoms with Gasteiger partial charge in [0.15, 0.2) is 18.0 Å². The van der Waals surface area contributed by atoms with E-state index in [1.54, 1.807) is 36.4 Å². The highest BCUT2D eigenvalue weighted by molar-refractivity contribution is 6.03. The van der Waals surface area contributed by atoms with Crippen molar-refractivity contribution in [2.75, 3.05) is 6.61 Å². The number of benzene rings is 1. The molecule has 0 aliphatic heterocycles. The van der Waals surface area contributed by atoms with Crippen LogP contribution in [-0.4, -0.2) is 41.5 Å². The maximum atomic E-state index is 14.0. The molecule has 38 heavy (non-hydrogen) atoms. The van der Waals surface area contributed by atoms with Crippen LogP contribution in [0.2, 0.25) is 0 Å². The van der Waals surface area contributed by atoms with E-state index in [4.69, 9.17) is 9.47 Å². The van der Waals surface area contributed by atoms with Crippen molar-refractivity contribution in [1.29, 1.82) is 0 Å². The van der Waals surface area contributed by atoms with Gasteiger partial charge in [0, 0.05) is 36.0 Å². The minimum atomic E-state index is -1.66. The summed E-state index contributed by atoms with van der Waals surface area (Å²) in [7, 11) is 0. The summed E-state index contributed by atoms with van der Waals surface area (Å²) in [5.74, 6) is -3.15. The first-order chi connectivity index (χ1) is 17.9. The molecule has 0 saturated heterocycles. The molecule has 0 aromatic heterocycles. The lowest BCUT2D eigenvalue weighted by molar-refractivity contribution is -0.175. The third-order valence-corrected chi connectivity index (χ3v) is 9.45. The van der Waals surface area contributed by atoms with E-state index >= 15 is 0 Å². The maximum absolute atomic E-state index is 14.0. The minimum absolute atomic E-state index is 0.0234. The van der Waals surface area contributed by atoms with Crippen molar-refractivity contribution >= 4 is 29.3 Å².